The van der Waals surface area contributed by atoms with E-state index >= 15 is 0 Å². The summed E-state index contributed by atoms with van der Waals surface area (Å²) in [5.74, 6) is -0.289. The number of amides is 1. The second-order valence-corrected chi connectivity index (χ2v) is 8.27. The highest BCUT2D eigenvalue weighted by molar-refractivity contribution is 5.94. The molecule has 1 heterocycles. The van der Waals surface area contributed by atoms with Gasteiger partial charge in [-0.15, -0.1) is 12.4 Å². The number of nitrogens with two attached hydrogens (primary N) is 1. The van der Waals surface area contributed by atoms with Gasteiger partial charge in [0.15, 0.2) is 0 Å². The van der Waals surface area contributed by atoms with E-state index in [0.29, 0.717) is 6.42 Å². The van der Waals surface area contributed by atoms with Crippen molar-refractivity contribution >= 4 is 29.2 Å². The number of aromatic amines is 1. The normalized spacial score (nSPS) is 19.0. The van der Waals surface area contributed by atoms with Crippen molar-refractivity contribution in [1.82, 2.24) is 9.88 Å². The Morgan fingerprint density at radius 2 is 1.67 bits per heavy atom. The van der Waals surface area contributed by atoms with Gasteiger partial charge in [0.25, 0.3) is 0 Å². The first-order valence-electron chi connectivity index (χ1n) is 10.3. The molecule has 1 aliphatic carbocycles. The molecule has 0 radical (unpaired) electrons. The third-order valence-electron chi connectivity index (χ3n) is 6.61. The molecule has 0 atom stereocenters. The molecule has 1 aromatic heterocycles. The van der Waals surface area contributed by atoms with Gasteiger partial charge in [0.1, 0.15) is 0 Å². The van der Waals surface area contributed by atoms with Crippen molar-refractivity contribution in [2.24, 2.45) is 5.73 Å². The van der Waals surface area contributed by atoms with Crippen molar-refractivity contribution in [3.05, 3.63) is 83.1 Å². The topological polar surface area (TPSA) is 62.1 Å². The number of carbonyl (C=O) groups is 1. The summed E-state index contributed by atoms with van der Waals surface area (Å²) in [5.41, 5.74) is 11.4. The summed E-state index contributed by atoms with van der Waals surface area (Å²) in [6, 6.07) is 18.9. The van der Waals surface area contributed by atoms with Crippen molar-refractivity contribution in [3.63, 3.8) is 0 Å². The van der Waals surface area contributed by atoms with E-state index in [-0.39, 0.29) is 23.9 Å². The summed E-state index contributed by atoms with van der Waals surface area (Å²) in [7, 11) is 4.31. The van der Waals surface area contributed by atoms with Crippen molar-refractivity contribution in [3.8, 4) is 0 Å². The number of fused-ring (bicyclic) bond motifs is 1. The van der Waals surface area contributed by atoms with Crippen LogP contribution in [-0.4, -0.2) is 29.9 Å². The molecule has 0 aliphatic heterocycles. The van der Waals surface area contributed by atoms with Gasteiger partial charge in [0, 0.05) is 34.6 Å². The van der Waals surface area contributed by atoms with Gasteiger partial charge < -0.3 is 10.7 Å². The first kappa shape index (κ1) is 22.1. The number of allylic oxidation sites excluding steroid dienone is 1. The maximum Gasteiger partial charge on any atom is 0.244 e. The Morgan fingerprint density at radius 3 is 2.30 bits per heavy atom. The predicted octanol–water partition coefficient (Wildman–Crippen LogP) is 4.95. The van der Waals surface area contributed by atoms with E-state index in [4.69, 9.17) is 5.73 Å². The van der Waals surface area contributed by atoms with Crippen LogP contribution < -0.4 is 5.73 Å². The lowest BCUT2D eigenvalue weighted by atomic mass is 9.72. The van der Waals surface area contributed by atoms with Gasteiger partial charge in [-0.2, -0.15) is 0 Å². The summed E-state index contributed by atoms with van der Waals surface area (Å²) >= 11 is 0. The largest absolute Gasteiger partial charge is 0.366 e. The number of nitrogens with one attached hydrogen (secondary N) is 1. The first-order chi connectivity index (χ1) is 14.0. The molecule has 0 spiro atoms. The lowest BCUT2D eigenvalue weighted by Gasteiger charge is -2.44. The highest BCUT2D eigenvalue weighted by atomic mass is 35.5. The number of hydrogen-bond donors (Lipinski definition) is 2. The Labute approximate surface area is 184 Å². The number of aromatic nitrogens is 1. The molecule has 1 saturated carbocycles. The number of hydrogen-bond acceptors (Lipinski definition) is 2. The smallest absolute Gasteiger partial charge is 0.244 e. The number of nitrogens with zero attached hydrogens (tertiary/aromatic N) is 1. The molecule has 0 saturated heterocycles. The Bertz CT molecular complexity index is 1040. The molecule has 3 aromatic rings. The molecule has 3 N–H and O–H groups in total. The molecule has 0 unspecified atom stereocenters. The zero-order valence-electron chi connectivity index (χ0n) is 17.7. The minimum Gasteiger partial charge on any atom is -0.366 e. The van der Waals surface area contributed by atoms with E-state index in [0.717, 1.165) is 47.7 Å². The average Bonchev–Trinajstić information content (AvgIpc) is 3.15. The van der Waals surface area contributed by atoms with Crippen LogP contribution in [0.25, 0.3) is 10.9 Å². The van der Waals surface area contributed by atoms with Crippen LogP contribution >= 0.6 is 12.4 Å². The lowest BCUT2D eigenvalue weighted by molar-refractivity contribution is -0.114. The number of H-pyrrole nitrogens is 1. The molecule has 5 heteroatoms. The Balaban J connectivity index is 0.00000256. The van der Waals surface area contributed by atoms with Crippen LogP contribution in [0.2, 0.25) is 0 Å². The highest BCUT2D eigenvalue weighted by Gasteiger charge is 2.38. The molecular weight excluding hydrogens is 394 g/mol. The number of halogens is 1. The van der Waals surface area contributed by atoms with Crippen LogP contribution in [0.4, 0.5) is 0 Å². The van der Waals surface area contributed by atoms with E-state index in [2.05, 4.69) is 66.4 Å². The third kappa shape index (κ3) is 4.03. The standard InChI is InChI=1S/C25H29N3O.ClH/c1-28(2)25(20-8-4-3-5-9-20)14-12-18(13-15-25)22(24(26)29)16-19-17-27-23-11-7-6-10-21(19)23;/h3-11,17,27H,12-16H2,1-2H3,(H2,26,29);1H. The molecule has 0 bridgehead atoms. The van der Waals surface area contributed by atoms with E-state index in [1.54, 1.807) is 0 Å². The van der Waals surface area contributed by atoms with Crippen LogP contribution in [-0.2, 0) is 16.8 Å². The SMILES string of the molecule is CN(C)C1(c2ccccc2)CCC(=C(Cc2c[nH]c3ccccc23)C(N)=O)CC1.Cl. The lowest BCUT2D eigenvalue weighted by Crippen LogP contribution is -2.43. The van der Waals surface area contributed by atoms with Crippen molar-refractivity contribution in [2.75, 3.05) is 14.1 Å². The first-order valence-corrected chi connectivity index (χ1v) is 10.3. The van der Waals surface area contributed by atoms with Crippen LogP contribution in [0.1, 0.15) is 36.8 Å². The van der Waals surface area contributed by atoms with Crippen LogP contribution in [0.15, 0.2) is 71.9 Å². The molecular formula is C25H30ClN3O. The molecule has 158 valence electrons. The molecule has 2 aromatic carbocycles. The minimum absolute atomic E-state index is 0. The van der Waals surface area contributed by atoms with E-state index < -0.39 is 0 Å². The number of primary amides is 1. The Hall–Kier alpha value is -2.56. The van der Waals surface area contributed by atoms with E-state index in [9.17, 15) is 4.79 Å². The molecule has 1 aliphatic rings. The van der Waals surface area contributed by atoms with Gasteiger partial charge in [0.05, 0.1) is 0 Å². The third-order valence-corrected chi connectivity index (χ3v) is 6.61. The van der Waals surface area contributed by atoms with Gasteiger partial charge in [-0.25, -0.2) is 0 Å². The molecule has 1 amide bonds. The zero-order chi connectivity index (χ0) is 20.4. The monoisotopic (exact) mass is 423 g/mol. The fourth-order valence-corrected chi connectivity index (χ4v) is 4.86. The second-order valence-electron chi connectivity index (χ2n) is 8.27. The maximum atomic E-state index is 12.4. The number of para-hydroxylation sites is 1. The second kappa shape index (κ2) is 9.07. The van der Waals surface area contributed by atoms with Crippen molar-refractivity contribution in [1.29, 1.82) is 0 Å². The Kier molecular flexibility index (Phi) is 6.69. The summed E-state index contributed by atoms with van der Waals surface area (Å²) in [5, 5.41) is 1.16. The zero-order valence-corrected chi connectivity index (χ0v) is 18.5. The van der Waals surface area contributed by atoms with Gasteiger partial charge in [-0.05, 0) is 57.0 Å². The maximum absolute atomic E-state index is 12.4. The summed E-state index contributed by atoms with van der Waals surface area (Å²) in [6.45, 7) is 0. The molecule has 30 heavy (non-hydrogen) atoms. The quantitative estimate of drug-likeness (QED) is 0.570. The number of rotatable bonds is 5. The summed E-state index contributed by atoms with van der Waals surface area (Å²) in [4.78, 5) is 18.0. The van der Waals surface area contributed by atoms with Gasteiger partial charge in [0.2, 0.25) is 5.91 Å². The molecule has 1 fully saturated rings. The predicted molar refractivity (Wildman–Crippen MR) is 126 cm³/mol. The summed E-state index contributed by atoms with van der Waals surface area (Å²) in [6.07, 6.45) is 6.37. The van der Waals surface area contributed by atoms with Gasteiger partial charge in [-0.1, -0.05) is 54.1 Å². The molecule has 4 nitrogen and oxygen atoms in total. The van der Waals surface area contributed by atoms with Crippen LogP contribution in [0.5, 0.6) is 0 Å². The number of benzene rings is 2. The number of carbonyl (C=O) groups excluding carboxylic acids is 1. The van der Waals surface area contributed by atoms with Crippen LogP contribution in [0, 0.1) is 0 Å². The molecule has 4 rings (SSSR count). The van der Waals surface area contributed by atoms with E-state index in [1.807, 2.05) is 18.3 Å². The minimum atomic E-state index is -0.289. The highest BCUT2D eigenvalue weighted by Crippen LogP contribution is 2.44. The van der Waals surface area contributed by atoms with Crippen LogP contribution in [0.3, 0.4) is 0 Å². The fraction of sp³-hybridized carbons (Fsp3) is 0.320. The van der Waals surface area contributed by atoms with Crippen molar-refractivity contribution < 1.29 is 4.79 Å². The Morgan fingerprint density at radius 1 is 1.03 bits per heavy atom. The van der Waals surface area contributed by atoms with Gasteiger partial charge >= 0.3 is 0 Å². The fourth-order valence-electron chi connectivity index (χ4n) is 4.86. The average molecular weight is 424 g/mol. The summed E-state index contributed by atoms with van der Waals surface area (Å²) < 4.78 is 0. The van der Waals surface area contributed by atoms with Gasteiger partial charge in [-0.3, -0.25) is 9.69 Å². The van der Waals surface area contributed by atoms with Crippen molar-refractivity contribution in [2.45, 2.75) is 37.6 Å². The van der Waals surface area contributed by atoms with E-state index in [1.165, 1.54) is 11.1 Å².